The number of aliphatic hydroxyl groups is 1. The van der Waals surface area contributed by atoms with Crippen LogP contribution >= 0.6 is 0 Å². The molecule has 0 aliphatic carbocycles. The number of aliphatic hydroxyl groups excluding tert-OH is 1. The number of benzene rings is 1. The lowest BCUT2D eigenvalue weighted by Crippen LogP contribution is -1.85. The van der Waals surface area contributed by atoms with Crippen molar-refractivity contribution in [1.29, 1.82) is 0 Å². The smallest absolute Gasteiger partial charge is 0.149 e. The van der Waals surface area contributed by atoms with E-state index in [9.17, 15) is 0 Å². The van der Waals surface area contributed by atoms with Crippen LogP contribution in [0, 0.1) is 35.5 Å². The Balaban J connectivity index is 1.81. The summed E-state index contributed by atoms with van der Waals surface area (Å²) in [5.74, 6) is 16.6. The van der Waals surface area contributed by atoms with Crippen molar-refractivity contribution in [2.24, 2.45) is 0 Å². The Hall–Kier alpha value is -2.44. The summed E-state index contributed by atoms with van der Waals surface area (Å²) < 4.78 is 5.22. The zero-order valence-corrected chi connectivity index (χ0v) is 10.3. The zero-order chi connectivity index (χ0) is 13.3. The first-order valence-corrected chi connectivity index (χ1v) is 5.90. The van der Waals surface area contributed by atoms with Gasteiger partial charge in [-0.05, 0) is 35.8 Å². The van der Waals surface area contributed by atoms with Gasteiger partial charge in [0.25, 0.3) is 0 Å². The molecule has 0 aromatic heterocycles. The maximum Gasteiger partial charge on any atom is 0.149 e. The minimum absolute atomic E-state index is 0.00291. The molecule has 2 heteroatoms. The Bertz CT molecular complexity index is 624. The molecule has 1 aliphatic rings. The SMILES string of the molecule is OCC=CC1OC1C#CC#CC#Cc1ccccc1. The molecule has 1 N–H and O–H groups in total. The lowest BCUT2D eigenvalue weighted by Gasteiger charge is -1.83. The molecule has 1 aromatic rings. The van der Waals surface area contributed by atoms with E-state index in [2.05, 4.69) is 35.5 Å². The number of hydrogen-bond donors (Lipinski definition) is 1. The number of ether oxygens (including phenoxy) is 1. The molecule has 1 saturated heterocycles. The molecule has 1 aliphatic heterocycles. The molecular formula is C17H12O2. The standard InChI is InChI=1S/C17H12O2/c18-14-8-13-17-16(19-17)12-7-2-1-4-9-15-10-5-3-6-11-15/h3,5-6,8,10-11,13,16-18H,14H2. The van der Waals surface area contributed by atoms with Crippen LogP contribution < -0.4 is 0 Å². The van der Waals surface area contributed by atoms with Crippen LogP contribution in [-0.4, -0.2) is 23.9 Å². The molecule has 2 atom stereocenters. The van der Waals surface area contributed by atoms with Crippen molar-refractivity contribution in [3.63, 3.8) is 0 Å². The van der Waals surface area contributed by atoms with Crippen molar-refractivity contribution in [1.82, 2.24) is 0 Å². The Labute approximate surface area is 113 Å². The van der Waals surface area contributed by atoms with Gasteiger partial charge in [0.2, 0.25) is 0 Å². The second-order valence-corrected chi connectivity index (χ2v) is 3.77. The van der Waals surface area contributed by atoms with Crippen molar-refractivity contribution >= 4 is 0 Å². The van der Waals surface area contributed by atoms with Crippen molar-refractivity contribution in [2.45, 2.75) is 12.2 Å². The van der Waals surface area contributed by atoms with Gasteiger partial charge < -0.3 is 9.84 Å². The largest absolute Gasteiger partial charge is 0.392 e. The summed E-state index contributed by atoms with van der Waals surface area (Å²) in [6.07, 6.45) is 3.33. The molecule has 0 bridgehead atoms. The van der Waals surface area contributed by atoms with E-state index in [-0.39, 0.29) is 18.8 Å². The Morgan fingerprint density at radius 1 is 1.11 bits per heavy atom. The van der Waals surface area contributed by atoms with Gasteiger partial charge in [-0.2, -0.15) is 0 Å². The van der Waals surface area contributed by atoms with Crippen LogP contribution in [0.2, 0.25) is 0 Å². The quantitative estimate of drug-likeness (QED) is 0.487. The molecule has 1 heterocycles. The number of rotatable bonds is 2. The molecule has 92 valence electrons. The summed E-state index contributed by atoms with van der Waals surface area (Å²) in [4.78, 5) is 0. The summed E-state index contributed by atoms with van der Waals surface area (Å²) >= 11 is 0. The second-order valence-electron chi connectivity index (χ2n) is 3.77. The molecule has 0 radical (unpaired) electrons. The highest BCUT2D eigenvalue weighted by atomic mass is 16.6. The highest BCUT2D eigenvalue weighted by Gasteiger charge is 2.34. The molecule has 0 spiro atoms. The van der Waals surface area contributed by atoms with Crippen molar-refractivity contribution in [2.75, 3.05) is 6.61 Å². The van der Waals surface area contributed by atoms with Gasteiger partial charge in [0.1, 0.15) is 12.2 Å². The predicted molar refractivity (Wildman–Crippen MR) is 73.8 cm³/mol. The Morgan fingerprint density at radius 3 is 2.68 bits per heavy atom. The molecule has 2 rings (SSSR count). The lowest BCUT2D eigenvalue weighted by molar-refractivity contribution is 0.341. The molecule has 2 unspecified atom stereocenters. The van der Waals surface area contributed by atoms with Gasteiger partial charge in [0.15, 0.2) is 0 Å². The maximum absolute atomic E-state index is 8.58. The van der Waals surface area contributed by atoms with E-state index in [0.717, 1.165) is 5.56 Å². The van der Waals surface area contributed by atoms with E-state index >= 15 is 0 Å². The van der Waals surface area contributed by atoms with Gasteiger partial charge in [-0.15, -0.1) is 0 Å². The zero-order valence-electron chi connectivity index (χ0n) is 10.3. The second kappa shape index (κ2) is 7.10. The van der Waals surface area contributed by atoms with Crippen molar-refractivity contribution in [3.05, 3.63) is 48.0 Å². The first kappa shape index (κ1) is 13.0. The third-order valence-electron chi connectivity index (χ3n) is 2.34. The van der Waals surface area contributed by atoms with Crippen LogP contribution in [-0.2, 0) is 4.74 Å². The third-order valence-corrected chi connectivity index (χ3v) is 2.34. The van der Waals surface area contributed by atoms with Gasteiger partial charge in [-0.1, -0.05) is 42.2 Å². The summed E-state index contributed by atoms with van der Waals surface area (Å²) in [6, 6.07) is 9.66. The average molecular weight is 248 g/mol. The molecule has 0 saturated carbocycles. The molecule has 0 amide bonds. The number of hydrogen-bond acceptors (Lipinski definition) is 2. The first-order valence-electron chi connectivity index (χ1n) is 5.90. The minimum atomic E-state index is -0.0980. The van der Waals surface area contributed by atoms with E-state index in [1.165, 1.54) is 0 Å². The summed E-state index contributed by atoms with van der Waals surface area (Å²) in [6.45, 7) is 0.0227. The monoisotopic (exact) mass is 248 g/mol. The predicted octanol–water partition coefficient (Wildman–Crippen LogP) is 1.36. The van der Waals surface area contributed by atoms with E-state index in [0.29, 0.717) is 0 Å². The van der Waals surface area contributed by atoms with E-state index < -0.39 is 0 Å². The van der Waals surface area contributed by atoms with Crippen LogP contribution in [0.15, 0.2) is 42.5 Å². The summed E-state index contributed by atoms with van der Waals surface area (Å²) in [5, 5.41) is 8.58. The Morgan fingerprint density at radius 2 is 1.89 bits per heavy atom. The Kier molecular flexibility index (Phi) is 4.86. The number of epoxide rings is 1. The fourth-order valence-corrected chi connectivity index (χ4v) is 1.38. The minimum Gasteiger partial charge on any atom is -0.392 e. The maximum atomic E-state index is 8.58. The first-order chi connectivity index (χ1) is 9.40. The van der Waals surface area contributed by atoms with E-state index in [1.807, 2.05) is 30.3 Å². The van der Waals surface area contributed by atoms with Crippen LogP contribution in [0.5, 0.6) is 0 Å². The van der Waals surface area contributed by atoms with Crippen LogP contribution in [0.4, 0.5) is 0 Å². The van der Waals surface area contributed by atoms with Crippen LogP contribution in [0.25, 0.3) is 0 Å². The summed E-state index contributed by atoms with van der Waals surface area (Å²) in [7, 11) is 0. The van der Waals surface area contributed by atoms with Gasteiger partial charge in [0, 0.05) is 5.56 Å². The summed E-state index contributed by atoms with van der Waals surface area (Å²) in [5.41, 5.74) is 0.935. The van der Waals surface area contributed by atoms with E-state index in [4.69, 9.17) is 9.84 Å². The fraction of sp³-hybridized carbons (Fsp3) is 0.176. The van der Waals surface area contributed by atoms with E-state index in [1.54, 1.807) is 12.2 Å². The van der Waals surface area contributed by atoms with Crippen molar-refractivity contribution in [3.8, 4) is 35.5 Å². The fourth-order valence-electron chi connectivity index (χ4n) is 1.38. The van der Waals surface area contributed by atoms with Gasteiger partial charge in [-0.25, -0.2) is 0 Å². The van der Waals surface area contributed by atoms with Gasteiger partial charge >= 0.3 is 0 Å². The van der Waals surface area contributed by atoms with Gasteiger partial charge in [0.05, 0.1) is 6.61 Å². The van der Waals surface area contributed by atoms with Crippen LogP contribution in [0.3, 0.4) is 0 Å². The van der Waals surface area contributed by atoms with Gasteiger partial charge in [-0.3, -0.25) is 0 Å². The van der Waals surface area contributed by atoms with Crippen molar-refractivity contribution < 1.29 is 9.84 Å². The molecule has 19 heavy (non-hydrogen) atoms. The molecule has 2 nitrogen and oxygen atoms in total. The highest BCUT2D eigenvalue weighted by molar-refractivity contribution is 5.43. The lowest BCUT2D eigenvalue weighted by atomic mass is 10.2. The molecule has 1 aromatic carbocycles. The average Bonchev–Trinajstić information content (AvgIpc) is 3.20. The molecule has 1 fully saturated rings. The topological polar surface area (TPSA) is 32.8 Å². The highest BCUT2D eigenvalue weighted by Crippen LogP contribution is 2.21. The molecular weight excluding hydrogens is 236 g/mol. The van der Waals surface area contributed by atoms with Crippen LogP contribution in [0.1, 0.15) is 5.56 Å². The normalized spacial score (nSPS) is 19.4. The third kappa shape index (κ3) is 4.74.